The molecule has 2 unspecified atom stereocenters. The summed E-state index contributed by atoms with van der Waals surface area (Å²) in [5, 5.41) is 11.8. The van der Waals surface area contributed by atoms with Crippen LogP contribution < -0.4 is 5.32 Å². The Bertz CT molecular complexity index is 178. The number of nitrogens with one attached hydrogen (secondary N) is 1. The lowest BCUT2D eigenvalue weighted by Gasteiger charge is -2.23. The number of aliphatic carboxylic acids is 1. The van der Waals surface area contributed by atoms with E-state index in [0.29, 0.717) is 6.54 Å². The molecule has 0 aliphatic carbocycles. The van der Waals surface area contributed by atoms with Gasteiger partial charge in [0.1, 0.15) is 0 Å². The standard InChI is InChI=1S/C10H19NO3/c1-8(10(12)13)6-11-7-9-4-2-3-5-14-9/h8-9,11H,2-7H2,1H3,(H,12,13). The van der Waals surface area contributed by atoms with Crippen molar-refractivity contribution in [3.63, 3.8) is 0 Å². The van der Waals surface area contributed by atoms with Gasteiger partial charge in [0.25, 0.3) is 0 Å². The second kappa shape index (κ2) is 5.98. The molecule has 0 aromatic carbocycles. The summed E-state index contributed by atoms with van der Waals surface area (Å²) in [6.07, 6.45) is 3.75. The van der Waals surface area contributed by atoms with Crippen LogP contribution in [0.4, 0.5) is 0 Å². The molecular formula is C10H19NO3. The zero-order chi connectivity index (χ0) is 10.4. The molecule has 1 aliphatic heterocycles. The third kappa shape index (κ3) is 4.07. The molecule has 0 spiro atoms. The molecular weight excluding hydrogens is 182 g/mol. The Balaban J connectivity index is 2.05. The smallest absolute Gasteiger partial charge is 0.307 e. The molecule has 14 heavy (non-hydrogen) atoms. The van der Waals surface area contributed by atoms with Crippen LogP contribution in [0.5, 0.6) is 0 Å². The average Bonchev–Trinajstić information content (AvgIpc) is 2.19. The Morgan fingerprint density at radius 2 is 2.43 bits per heavy atom. The lowest BCUT2D eigenvalue weighted by molar-refractivity contribution is -0.141. The molecule has 1 heterocycles. The van der Waals surface area contributed by atoms with Crippen molar-refractivity contribution in [1.82, 2.24) is 5.32 Å². The first-order valence-corrected chi connectivity index (χ1v) is 5.25. The van der Waals surface area contributed by atoms with Gasteiger partial charge in [0.05, 0.1) is 12.0 Å². The van der Waals surface area contributed by atoms with Crippen LogP contribution in [0, 0.1) is 5.92 Å². The summed E-state index contributed by atoms with van der Waals surface area (Å²) in [5.41, 5.74) is 0. The Morgan fingerprint density at radius 1 is 1.64 bits per heavy atom. The number of ether oxygens (including phenoxy) is 1. The summed E-state index contributed by atoms with van der Waals surface area (Å²) in [7, 11) is 0. The monoisotopic (exact) mass is 201 g/mol. The lowest BCUT2D eigenvalue weighted by Crippen LogP contribution is -2.35. The maximum absolute atomic E-state index is 10.5. The van der Waals surface area contributed by atoms with Crippen LogP contribution >= 0.6 is 0 Å². The first kappa shape index (κ1) is 11.5. The predicted octanol–water partition coefficient (Wildman–Crippen LogP) is 0.866. The molecule has 1 saturated heterocycles. The number of carbonyl (C=O) groups is 1. The highest BCUT2D eigenvalue weighted by Gasteiger charge is 2.15. The van der Waals surface area contributed by atoms with E-state index < -0.39 is 5.97 Å². The van der Waals surface area contributed by atoms with Crippen molar-refractivity contribution in [2.75, 3.05) is 19.7 Å². The van der Waals surface area contributed by atoms with E-state index in [9.17, 15) is 4.79 Å². The van der Waals surface area contributed by atoms with Gasteiger partial charge < -0.3 is 15.2 Å². The zero-order valence-electron chi connectivity index (χ0n) is 8.66. The number of carboxylic acids is 1. The minimum atomic E-state index is -0.748. The van der Waals surface area contributed by atoms with Crippen molar-refractivity contribution in [2.45, 2.75) is 32.3 Å². The maximum Gasteiger partial charge on any atom is 0.307 e. The van der Waals surface area contributed by atoms with E-state index in [1.807, 2.05) is 0 Å². The molecule has 4 nitrogen and oxygen atoms in total. The summed E-state index contributed by atoms with van der Waals surface area (Å²) < 4.78 is 5.51. The van der Waals surface area contributed by atoms with Crippen molar-refractivity contribution < 1.29 is 14.6 Å². The Kier molecular flexibility index (Phi) is 4.90. The summed E-state index contributed by atoms with van der Waals surface area (Å²) >= 11 is 0. The van der Waals surface area contributed by atoms with E-state index >= 15 is 0 Å². The first-order valence-electron chi connectivity index (χ1n) is 5.25. The molecule has 2 atom stereocenters. The van der Waals surface area contributed by atoms with E-state index in [1.165, 1.54) is 6.42 Å². The van der Waals surface area contributed by atoms with E-state index in [-0.39, 0.29) is 12.0 Å². The zero-order valence-corrected chi connectivity index (χ0v) is 8.66. The van der Waals surface area contributed by atoms with Gasteiger partial charge in [-0.25, -0.2) is 0 Å². The first-order chi connectivity index (χ1) is 6.70. The highest BCUT2D eigenvalue weighted by Crippen LogP contribution is 2.11. The van der Waals surface area contributed by atoms with Crippen LogP contribution in [0.25, 0.3) is 0 Å². The fourth-order valence-corrected chi connectivity index (χ4v) is 1.52. The van der Waals surface area contributed by atoms with E-state index in [4.69, 9.17) is 9.84 Å². The SMILES string of the molecule is CC(CNCC1CCCCO1)C(=O)O. The van der Waals surface area contributed by atoms with Crippen molar-refractivity contribution in [3.8, 4) is 0 Å². The Hall–Kier alpha value is -0.610. The maximum atomic E-state index is 10.5. The van der Waals surface area contributed by atoms with Gasteiger partial charge in [-0.3, -0.25) is 4.79 Å². The number of hydrogen-bond acceptors (Lipinski definition) is 3. The average molecular weight is 201 g/mol. The molecule has 0 radical (unpaired) electrons. The van der Waals surface area contributed by atoms with E-state index in [1.54, 1.807) is 6.92 Å². The fourth-order valence-electron chi connectivity index (χ4n) is 1.52. The highest BCUT2D eigenvalue weighted by molar-refractivity contribution is 5.69. The normalized spacial score (nSPS) is 24.5. The van der Waals surface area contributed by atoms with Crippen molar-refractivity contribution in [2.24, 2.45) is 5.92 Å². The molecule has 82 valence electrons. The van der Waals surface area contributed by atoms with Crippen LogP contribution in [0.3, 0.4) is 0 Å². The molecule has 2 N–H and O–H groups in total. The predicted molar refractivity (Wildman–Crippen MR) is 53.3 cm³/mol. The van der Waals surface area contributed by atoms with Gasteiger partial charge in [0.2, 0.25) is 0 Å². The lowest BCUT2D eigenvalue weighted by atomic mass is 10.1. The van der Waals surface area contributed by atoms with Gasteiger partial charge in [-0.1, -0.05) is 6.92 Å². The van der Waals surface area contributed by atoms with Gasteiger partial charge in [0.15, 0.2) is 0 Å². The second-order valence-corrected chi connectivity index (χ2v) is 3.89. The van der Waals surface area contributed by atoms with Crippen LogP contribution in [-0.4, -0.2) is 36.9 Å². The molecule has 0 aromatic heterocycles. The van der Waals surface area contributed by atoms with E-state index in [2.05, 4.69) is 5.32 Å². The van der Waals surface area contributed by atoms with Crippen molar-refractivity contribution in [3.05, 3.63) is 0 Å². The van der Waals surface area contributed by atoms with Crippen LogP contribution in [0.1, 0.15) is 26.2 Å². The number of hydrogen-bond donors (Lipinski definition) is 2. The molecule has 1 aliphatic rings. The molecule has 1 rings (SSSR count). The van der Waals surface area contributed by atoms with Gasteiger partial charge in [0, 0.05) is 19.7 Å². The van der Waals surface area contributed by atoms with Gasteiger partial charge >= 0.3 is 5.97 Å². The summed E-state index contributed by atoms with van der Waals surface area (Å²) in [6, 6.07) is 0. The molecule has 0 bridgehead atoms. The molecule has 0 amide bonds. The summed E-state index contributed by atoms with van der Waals surface area (Å²) in [6.45, 7) is 3.85. The molecule has 0 saturated carbocycles. The van der Waals surface area contributed by atoms with Gasteiger partial charge in [-0.2, -0.15) is 0 Å². The van der Waals surface area contributed by atoms with Crippen LogP contribution in [0.15, 0.2) is 0 Å². The summed E-state index contributed by atoms with van der Waals surface area (Å²) in [5.74, 6) is -1.07. The Labute approximate surface area is 84.6 Å². The highest BCUT2D eigenvalue weighted by atomic mass is 16.5. The largest absolute Gasteiger partial charge is 0.481 e. The van der Waals surface area contributed by atoms with E-state index in [0.717, 1.165) is 26.0 Å². The Morgan fingerprint density at radius 3 is 3.00 bits per heavy atom. The van der Waals surface area contributed by atoms with Crippen molar-refractivity contribution in [1.29, 1.82) is 0 Å². The van der Waals surface area contributed by atoms with Gasteiger partial charge in [-0.15, -0.1) is 0 Å². The third-order valence-corrected chi connectivity index (χ3v) is 2.52. The molecule has 4 heteroatoms. The number of rotatable bonds is 5. The van der Waals surface area contributed by atoms with Crippen LogP contribution in [-0.2, 0) is 9.53 Å². The minimum Gasteiger partial charge on any atom is -0.481 e. The third-order valence-electron chi connectivity index (χ3n) is 2.52. The molecule has 0 aromatic rings. The van der Waals surface area contributed by atoms with Gasteiger partial charge in [-0.05, 0) is 19.3 Å². The van der Waals surface area contributed by atoms with Crippen LogP contribution in [0.2, 0.25) is 0 Å². The minimum absolute atomic E-state index is 0.282. The van der Waals surface area contributed by atoms with Crippen molar-refractivity contribution >= 4 is 5.97 Å². The quantitative estimate of drug-likeness (QED) is 0.693. The summed E-state index contributed by atoms with van der Waals surface area (Å²) in [4.78, 5) is 10.5. The fraction of sp³-hybridized carbons (Fsp3) is 0.900. The second-order valence-electron chi connectivity index (χ2n) is 3.89. The topological polar surface area (TPSA) is 58.6 Å². The number of carboxylic acid groups (broad SMARTS) is 1. The molecule has 1 fully saturated rings.